The summed E-state index contributed by atoms with van der Waals surface area (Å²) in [4.78, 5) is 14.9. The fraction of sp³-hybridized carbons (Fsp3) is 0.0902. The number of para-hydroxylation sites is 5. The Bertz CT molecular complexity index is 8490. The molecule has 3 aliphatic carbocycles. The van der Waals surface area contributed by atoms with E-state index in [-0.39, 0.29) is 16.2 Å². The van der Waals surface area contributed by atoms with Crippen molar-refractivity contribution in [2.75, 3.05) is 15.1 Å². The van der Waals surface area contributed by atoms with Crippen LogP contribution in [0.15, 0.2) is 482 Å². The number of aryl methyl sites for hydroxylation is 3. The minimum absolute atomic E-state index is 0.0559. The number of benzene rings is 19. The molecule has 0 fully saturated rings. The molecule has 0 bridgehead atoms. The average Bonchev–Trinajstić information content (AvgIpc) is 1.60. The Hall–Kier alpha value is -16.2. The van der Waals surface area contributed by atoms with Crippen LogP contribution in [0.2, 0.25) is 0 Å². The van der Waals surface area contributed by atoms with Gasteiger partial charge < -0.3 is 38.9 Å². The number of carbonyl (C=O) groups excluding carboxylic acids is 1. The van der Waals surface area contributed by atoms with Crippen molar-refractivity contribution in [2.24, 2.45) is 21.1 Å². The summed E-state index contributed by atoms with van der Waals surface area (Å²) in [5, 5.41) is 24.6. The maximum absolute atomic E-state index is 10.2. The molecule has 0 saturated heterocycles. The zero-order valence-electron chi connectivity index (χ0n) is 82.5. The molecule has 0 spiro atoms. The Morgan fingerprint density at radius 2 is 0.538 bits per heavy atom. The van der Waals surface area contributed by atoms with Gasteiger partial charge in [0, 0.05) is 147 Å². The number of hydrogen-bond acceptors (Lipinski definition) is 6. The molecule has 3 aliphatic rings. The predicted octanol–water partition coefficient (Wildman–Crippen LogP) is 34.5. The lowest BCUT2D eigenvalue weighted by Gasteiger charge is -2.28. The number of fused-ring (bicyclic) bond motifs is 12. The number of nitrogens with zero attached hydrogens (tertiary/aromatic N) is 5. The van der Waals surface area contributed by atoms with Crippen LogP contribution in [0, 0.1) is 0 Å². The molecule has 22 aromatic rings. The lowest BCUT2D eigenvalue weighted by atomic mass is 9.80. The Kier molecular flexibility index (Phi) is 26.4. The number of aldehydes is 1. The van der Waals surface area contributed by atoms with Crippen LogP contribution in [0.1, 0.15) is 85.3 Å². The van der Waals surface area contributed by atoms with Gasteiger partial charge in [-0.05, 0) is 245 Å². The topological polar surface area (TPSA) is 90.8 Å². The molecule has 706 valence electrons. The molecule has 3 heterocycles. The molecule has 3 N–H and O–H groups in total. The van der Waals surface area contributed by atoms with E-state index >= 15 is 0 Å². The third-order valence-electron chi connectivity index (χ3n) is 29.2. The van der Waals surface area contributed by atoms with Crippen LogP contribution in [0.25, 0.3) is 133 Å². The summed E-state index contributed by atoms with van der Waals surface area (Å²) in [7, 11) is 5.03. The highest BCUT2D eigenvalue weighted by Crippen LogP contribution is 2.56. The van der Waals surface area contributed by atoms with Crippen molar-refractivity contribution in [1.82, 2.24) is 13.7 Å². The Morgan fingerprint density at radius 3 is 0.897 bits per heavy atom. The summed E-state index contributed by atoms with van der Waals surface area (Å²) in [6.07, 6.45) is 0.702. The number of carbonyl (C=O) groups is 1. The van der Waals surface area contributed by atoms with Crippen LogP contribution in [-0.2, 0) is 37.4 Å². The zero-order chi connectivity index (χ0) is 99.8. The minimum atomic E-state index is -1.46. The van der Waals surface area contributed by atoms with E-state index in [2.05, 4.69) is 566 Å². The summed E-state index contributed by atoms with van der Waals surface area (Å²) in [5.41, 5.74) is 45.0. The van der Waals surface area contributed by atoms with E-state index in [1.807, 2.05) is 6.07 Å². The number of nitrogens with one attached hydrogen (secondary N) is 1. The second kappa shape index (κ2) is 40.3. The molecule has 0 amide bonds. The highest BCUT2D eigenvalue weighted by Gasteiger charge is 2.39. The van der Waals surface area contributed by atoms with Crippen molar-refractivity contribution in [1.29, 1.82) is 0 Å². The quantitative estimate of drug-likeness (QED) is 0.0660. The zero-order valence-corrected chi connectivity index (χ0v) is 85.7. The third kappa shape index (κ3) is 18.3. The van der Waals surface area contributed by atoms with E-state index in [4.69, 9.17) is 10.0 Å². The van der Waals surface area contributed by atoms with Crippen LogP contribution >= 0.6 is 31.9 Å². The molecular formula is C133H109BBr2N6O3. The van der Waals surface area contributed by atoms with Crippen molar-refractivity contribution in [2.45, 2.75) is 57.8 Å². The number of hydrogen-bond donors (Lipinski definition) is 3. The van der Waals surface area contributed by atoms with Gasteiger partial charge in [-0.1, -0.05) is 407 Å². The van der Waals surface area contributed by atoms with Gasteiger partial charge in [0.2, 0.25) is 0 Å². The fourth-order valence-corrected chi connectivity index (χ4v) is 22.5. The molecule has 0 saturated carbocycles. The molecule has 25 rings (SSSR count). The van der Waals surface area contributed by atoms with Crippen molar-refractivity contribution in [3.63, 3.8) is 0 Å². The molecule has 0 radical (unpaired) electrons. The number of aromatic nitrogens is 3. The first-order valence-corrected chi connectivity index (χ1v) is 50.9. The van der Waals surface area contributed by atoms with E-state index in [9.17, 15) is 4.79 Å². The number of halogens is 2. The van der Waals surface area contributed by atoms with E-state index in [1.165, 1.54) is 197 Å². The molecule has 3 aromatic heterocycles. The summed E-state index contributed by atoms with van der Waals surface area (Å²) < 4.78 is 9.11. The molecule has 145 heavy (non-hydrogen) atoms. The molecule has 9 nitrogen and oxygen atoms in total. The minimum Gasteiger partial charge on any atom is -0.423 e. The maximum atomic E-state index is 10.2. The Morgan fingerprint density at radius 1 is 0.262 bits per heavy atom. The molecule has 12 heteroatoms. The van der Waals surface area contributed by atoms with Crippen molar-refractivity contribution in [3.05, 3.63) is 521 Å². The van der Waals surface area contributed by atoms with Crippen LogP contribution < -0.4 is 20.6 Å². The second-order valence-corrected chi connectivity index (χ2v) is 40.8. The first kappa shape index (κ1) is 95.0. The monoisotopic (exact) mass is 2010 g/mol. The highest BCUT2D eigenvalue weighted by molar-refractivity contribution is 9.10. The van der Waals surface area contributed by atoms with E-state index < -0.39 is 7.12 Å². The Labute approximate surface area is 866 Å². The summed E-state index contributed by atoms with van der Waals surface area (Å²) in [6.45, 7) is 14.0. The lowest BCUT2D eigenvalue weighted by molar-refractivity contribution is 0.112. The van der Waals surface area contributed by atoms with Crippen LogP contribution in [0.4, 0.5) is 45.5 Å². The second-order valence-electron chi connectivity index (χ2n) is 39.0. The summed E-state index contributed by atoms with van der Waals surface area (Å²) in [6, 6.07) is 168. The normalized spacial score (nSPS) is 12.6. The van der Waals surface area contributed by atoms with E-state index in [0.29, 0.717) is 17.3 Å². The van der Waals surface area contributed by atoms with Gasteiger partial charge in [-0.3, -0.25) is 4.79 Å². The van der Waals surface area contributed by atoms with Gasteiger partial charge in [-0.15, -0.1) is 0 Å². The summed E-state index contributed by atoms with van der Waals surface area (Å²) >= 11 is 7.17. The van der Waals surface area contributed by atoms with Gasteiger partial charge in [0.15, 0.2) is 0 Å². The van der Waals surface area contributed by atoms with Gasteiger partial charge in [-0.2, -0.15) is 0 Å². The van der Waals surface area contributed by atoms with Crippen molar-refractivity contribution in [3.8, 4) is 101 Å². The standard InChI is InChI=1S/C42H33BrN2.C42H34N2.C21H16BrN.C21H19N.C7H7BO3/c1-42(2)37-15-9-7-13-34(37)35-26-25-33(27-38(35)42)45(32-23-19-30(43)20-24-32)31-21-17-28(18-22-31)40-36-14-8-10-16-39(36)44(3)41(40)29-11-5-4-6-12-29;1-42(2)37-20-12-10-18-34(37)35-27-26-33(28-38(35)42)44(31-16-8-5-9-17-31)32-24-22-29(23-25-32)40-36-19-11-13-21-39(36)43(3)41(40)30-14-6-4-7-15-30;1-23-19-10-6-5-9-18(19)20(15-11-13-17(22)14-12-15)21(23)16-7-3-2-4-8-16;1-21(2)19-11-7-6-10-17(19)18-13-12-16(14-20(18)21)22-15-8-4-3-5-9-15;9-5-6-1-3-7(4-2-6)8(10)11/h4-27H,1-3H3;4-28H,1-3H3;2-14H,1H3;3-14,22H,1-2H3;1-5,10-11H. The smallest absolute Gasteiger partial charge is 0.423 e. The lowest BCUT2D eigenvalue weighted by Crippen LogP contribution is -2.29. The molecular weight excluding hydrogens is 1900 g/mol. The molecule has 0 atom stereocenters. The molecule has 19 aromatic carbocycles. The number of anilines is 8. The van der Waals surface area contributed by atoms with E-state index in [1.54, 1.807) is 0 Å². The highest BCUT2D eigenvalue weighted by atomic mass is 79.9. The molecule has 0 unspecified atom stereocenters. The van der Waals surface area contributed by atoms with Crippen molar-refractivity contribution >= 4 is 129 Å². The maximum Gasteiger partial charge on any atom is 0.488 e. The SMILES string of the molecule is CC1(C)c2ccccc2-c2ccc(Nc3ccccc3)cc21.Cn1c(-c2ccccc2)c(-c2ccc(Br)cc2)c2ccccc21.Cn1c(-c2ccccc2)c(-c2ccc(N(c3ccc(Br)cc3)c3ccc4c(c3)C(C)(C)c3ccccc3-4)cc2)c2ccccc21.Cn1c(-c2ccccc2)c(-c2ccc(N(c3ccccc3)c3ccc4c(c3)C(C)(C)c3ccccc3-4)cc2)c2ccccc21.O=Cc1ccc(B(O)O)cc1. The van der Waals surface area contributed by atoms with Crippen LogP contribution in [-0.4, -0.2) is 37.2 Å². The number of rotatable bonds is 16. The first-order valence-electron chi connectivity index (χ1n) is 49.3. The van der Waals surface area contributed by atoms with Crippen LogP contribution in [0.3, 0.4) is 0 Å². The largest absolute Gasteiger partial charge is 0.488 e. The van der Waals surface area contributed by atoms with Gasteiger partial charge in [-0.25, -0.2) is 0 Å². The Balaban J connectivity index is 0.000000114. The van der Waals surface area contributed by atoms with Gasteiger partial charge in [0.1, 0.15) is 6.29 Å². The van der Waals surface area contributed by atoms with Gasteiger partial charge in [0.25, 0.3) is 0 Å². The van der Waals surface area contributed by atoms with E-state index in [0.717, 1.165) is 48.8 Å². The summed E-state index contributed by atoms with van der Waals surface area (Å²) in [5.74, 6) is 0. The molecule has 0 aliphatic heterocycles. The average molecular weight is 2010 g/mol. The third-order valence-corrected chi connectivity index (χ3v) is 30.2. The van der Waals surface area contributed by atoms with Gasteiger partial charge in [0.05, 0.1) is 17.1 Å². The first-order chi connectivity index (χ1) is 70.6. The van der Waals surface area contributed by atoms with Crippen LogP contribution in [0.5, 0.6) is 0 Å². The van der Waals surface area contributed by atoms with Gasteiger partial charge >= 0.3 is 7.12 Å². The van der Waals surface area contributed by atoms with Crippen molar-refractivity contribution < 1.29 is 14.8 Å². The fourth-order valence-electron chi connectivity index (χ4n) is 22.0. The predicted molar refractivity (Wildman–Crippen MR) is 617 cm³/mol.